The summed E-state index contributed by atoms with van der Waals surface area (Å²) in [6, 6.07) is 6.09. The minimum absolute atomic E-state index is 0.156. The minimum Gasteiger partial charge on any atom is -0.381 e. The number of piperazine rings is 1. The quantitative estimate of drug-likeness (QED) is 0.679. The molecule has 1 aliphatic carbocycles. The highest BCUT2D eigenvalue weighted by Gasteiger charge is 2.28. The lowest BCUT2D eigenvalue weighted by atomic mass is 9.83. The number of carbonyl (C=O) groups is 1. The van der Waals surface area contributed by atoms with Crippen molar-refractivity contribution >= 4 is 34.3 Å². The van der Waals surface area contributed by atoms with Gasteiger partial charge in [0, 0.05) is 62.4 Å². The fourth-order valence-electron chi connectivity index (χ4n) is 5.55. The molecular weight excluding hydrogens is 440 g/mol. The number of anilines is 1. The Bertz CT molecular complexity index is 929. The number of nitrogens with one attached hydrogen (secondary N) is 1. The maximum absolute atomic E-state index is 12.5. The molecular formula is C25H35ClN4O3. The maximum Gasteiger partial charge on any atom is 0.223 e. The lowest BCUT2D eigenvalue weighted by molar-refractivity contribution is -0.128. The van der Waals surface area contributed by atoms with Gasteiger partial charge in [0.15, 0.2) is 11.4 Å². The molecule has 3 heterocycles. The van der Waals surface area contributed by atoms with Gasteiger partial charge in [0.05, 0.1) is 5.39 Å². The standard InChI is InChI=1S/C25H35ClN4O3/c26-20-3-6-22-23(17-20)33-28-24(22)30-13-11-29(12-14-30)10-7-18-1-4-21(5-2-18)27-25(31)19-8-15-32-16-9-19/h3,6,17-19,21H,1-2,4-5,7-16H2,(H,27,31). The predicted molar refractivity (Wildman–Crippen MR) is 130 cm³/mol. The van der Waals surface area contributed by atoms with E-state index < -0.39 is 0 Å². The van der Waals surface area contributed by atoms with E-state index in [-0.39, 0.29) is 11.8 Å². The number of fused-ring (bicyclic) bond motifs is 1. The van der Waals surface area contributed by atoms with Crippen molar-refractivity contribution in [3.05, 3.63) is 23.2 Å². The highest BCUT2D eigenvalue weighted by molar-refractivity contribution is 6.31. The molecule has 1 aromatic carbocycles. The van der Waals surface area contributed by atoms with Gasteiger partial charge in [-0.25, -0.2) is 0 Å². The van der Waals surface area contributed by atoms with E-state index in [1.807, 2.05) is 18.2 Å². The fraction of sp³-hybridized carbons (Fsp3) is 0.680. The fourth-order valence-corrected chi connectivity index (χ4v) is 5.71. The van der Waals surface area contributed by atoms with Crippen molar-refractivity contribution in [3.8, 4) is 0 Å². The van der Waals surface area contributed by atoms with Crippen LogP contribution < -0.4 is 10.2 Å². The number of amides is 1. The third kappa shape index (κ3) is 5.64. The third-order valence-corrected chi connectivity index (χ3v) is 7.96. The molecule has 0 unspecified atom stereocenters. The molecule has 5 rings (SSSR count). The number of carbonyl (C=O) groups excluding carboxylic acids is 1. The van der Waals surface area contributed by atoms with E-state index in [1.54, 1.807) is 0 Å². The van der Waals surface area contributed by atoms with Gasteiger partial charge in [-0.15, -0.1) is 0 Å². The second kappa shape index (κ2) is 10.6. The lowest BCUT2D eigenvalue weighted by Gasteiger charge is -2.36. The van der Waals surface area contributed by atoms with Crippen molar-refractivity contribution in [2.45, 2.75) is 51.0 Å². The van der Waals surface area contributed by atoms with Gasteiger partial charge in [-0.2, -0.15) is 0 Å². The molecule has 2 saturated heterocycles. The first kappa shape index (κ1) is 22.9. The summed E-state index contributed by atoms with van der Waals surface area (Å²) in [5.41, 5.74) is 0.750. The van der Waals surface area contributed by atoms with Crippen LogP contribution in [0.25, 0.3) is 11.0 Å². The topological polar surface area (TPSA) is 70.8 Å². The zero-order chi connectivity index (χ0) is 22.6. The number of ether oxygens (including phenoxy) is 1. The summed E-state index contributed by atoms with van der Waals surface area (Å²) in [4.78, 5) is 17.4. The molecule has 0 radical (unpaired) electrons. The monoisotopic (exact) mass is 474 g/mol. The Kier molecular flexibility index (Phi) is 7.38. The average molecular weight is 475 g/mol. The molecule has 3 aliphatic rings. The van der Waals surface area contributed by atoms with Gasteiger partial charge in [0.2, 0.25) is 5.91 Å². The molecule has 2 aliphatic heterocycles. The molecule has 0 atom stereocenters. The molecule has 3 fully saturated rings. The third-order valence-electron chi connectivity index (χ3n) is 7.73. The molecule has 1 amide bonds. The number of nitrogens with zero attached hydrogens (tertiary/aromatic N) is 3. The van der Waals surface area contributed by atoms with Gasteiger partial charge < -0.3 is 19.5 Å². The summed E-state index contributed by atoms with van der Waals surface area (Å²) in [6.07, 6.45) is 7.70. The molecule has 2 aromatic rings. The Morgan fingerprint density at radius 3 is 2.58 bits per heavy atom. The van der Waals surface area contributed by atoms with Crippen molar-refractivity contribution in [2.24, 2.45) is 11.8 Å². The van der Waals surface area contributed by atoms with Crippen LogP contribution in [0.2, 0.25) is 5.02 Å². The molecule has 7 nitrogen and oxygen atoms in total. The van der Waals surface area contributed by atoms with Crippen LogP contribution in [-0.4, -0.2) is 67.9 Å². The van der Waals surface area contributed by atoms with Crippen molar-refractivity contribution in [1.29, 1.82) is 0 Å². The van der Waals surface area contributed by atoms with Gasteiger partial charge in [0.1, 0.15) is 0 Å². The number of aromatic nitrogens is 1. The summed E-state index contributed by atoms with van der Waals surface area (Å²) in [6.45, 7) is 6.65. The highest BCUT2D eigenvalue weighted by Crippen LogP contribution is 2.30. The Labute approximate surface area is 200 Å². The van der Waals surface area contributed by atoms with Crippen LogP contribution in [0.15, 0.2) is 22.7 Å². The Morgan fingerprint density at radius 2 is 1.82 bits per heavy atom. The first-order valence-electron chi connectivity index (χ1n) is 12.6. The molecule has 0 bridgehead atoms. The van der Waals surface area contributed by atoms with E-state index in [0.717, 1.165) is 94.3 Å². The summed E-state index contributed by atoms with van der Waals surface area (Å²) >= 11 is 6.06. The normalized spacial score (nSPS) is 25.4. The second-order valence-corrected chi connectivity index (χ2v) is 10.3. The van der Waals surface area contributed by atoms with E-state index in [2.05, 4.69) is 20.3 Å². The van der Waals surface area contributed by atoms with Gasteiger partial charge in [-0.1, -0.05) is 16.8 Å². The van der Waals surface area contributed by atoms with Gasteiger partial charge in [-0.05, 0) is 69.5 Å². The molecule has 33 heavy (non-hydrogen) atoms. The van der Waals surface area contributed by atoms with E-state index in [9.17, 15) is 4.79 Å². The number of halogens is 1. The smallest absolute Gasteiger partial charge is 0.223 e. The van der Waals surface area contributed by atoms with Crippen molar-refractivity contribution in [3.63, 3.8) is 0 Å². The van der Waals surface area contributed by atoms with E-state index in [4.69, 9.17) is 20.9 Å². The zero-order valence-corrected chi connectivity index (χ0v) is 20.1. The Morgan fingerprint density at radius 1 is 1.06 bits per heavy atom. The Balaban J connectivity index is 1.01. The molecule has 1 saturated carbocycles. The van der Waals surface area contributed by atoms with Crippen LogP contribution >= 0.6 is 11.6 Å². The zero-order valence-electron chi connectivity index (χ0n) is 19.3. The van der Waals surface area contributed by atoms with E-state index in [1.165, 1.54) is 19.3 Å². The first-order chi connectivity index (χ1) is 16.2. The summed E-state index contributed by atoms with van der Waals surface area (Å²) in [7, 11) is 0. The summed E-state index contributed by atoms with van der Waals surface area (Å²) in [5.74, 6) is 2.12. The lowest BCUT2D eigenvalue weighted by Crippen LogP contribution is -2.47. The summed E-state index contributed by atoms with van der Waals surface area (Å²) in [5, 5.41) is 9.32. The van der Waals surface area contributed by atoms with Crippen LogP contribution in [0.4, 0.5) is 5.82 Å². The van der Waals surface area contributed by atoms with Crippen LogP contribution in [0.3, 0.4) is 0 Å². The molecule has 180 valence electrons. The molecule has 1 aromatic heterocycles. The molecule has 1 N–H and O–H groups in total. The maximum atomic E-state index is 12.5. The van der Waals surface area contributed by atoms with Crippen molar-refractivity contribution in [1.82, 2.24) is 15.4 Å². The minimum atomic E-state index is 0.156. The van der Waals surface area contributed by atoms with E-state index in [0.29, 0.717) is 11.1 Å². The van der Waals surface area contributed by atoms with Crippen molar-refractivity contribution < 1.29 is 14.1 Å². The Hall–Kier alpha value is -1.83. The largest absolute Gasteiger partial charge is 0.381 e. The van der Waals surface area contributed by atoms with Gasteiger partial charge in [0.25, 0.3) is 0 Å². The predicted octanol–water partition coefficient (Wildman–Crippen LogP) is 4.09. The van der Waals surface area contributed by atoms with Crippen LogP contribution in [0, 0.1) is 11.8 Å². The van der Waals surface area contributed by atoms with Crippen LogP contribution in [0.5, 0.6) is 0 Å². The SMILES string of the molecule is O=C(NC1CCC(CCN2CCN(c3noc4cc(Cl)ccc34)CC2)CC1)C1CCOCC1. The first-order valence-corrected chi connectivity index (χ1v) is 12.9. The number of benzene rings is 1. The van der Waals surface area contributed by atoms with Crippen LogP contribution in [-0.2, 0) is 9.53 Å². The molecule has 0 spiro atoms. The second-order valence-electron chi connectivity index (χ2n) is 9.88. The van der Waals surface area contributed by atoms with E-state index >= 15 is 0 Å². The number of hydrogen-bond donors (Lipinski definition) is 1. The molecule has 8 heteroatoms. The number of hydrogen-bond acceptors (Lipinski definition) is 6. The van der Waals surface area contributed by atoms with Crippen LogP contribution in [0.1, 0.15) is 44.9 Å². The number of rotatable bonds is 6. The average Bonchev–Trinajstić information content (AvgIpc) is 3.27. The van der Waals surface area contributed by atoms with Gasteiger partial charge >= 0.3 is 0 Å². The van der Waals surface area contributed by atoms with Crippen molar-refractivity contribution in [2.75, 3.05) is 50.8 Å². The van der Waals surface area contributed by atoms with Gasteiger partial charge in [-0.3, -0.25) is 9.69 Å². The summed E-state index contributed by atoms with van der Waals surface area (Å²) < 4.78 is 10.9. The highest BCUT2D eigenvalue weighted by atomic mass is 35.5.